The Morgan fingerprint density at radius 3 is 2.84 bits per heavy atom. The lowest BCUT2D eigenvalue weighted by Gasteiger charge is -2.23. The maximum Gasteiger partial charge on any atom is 0.315 e. The van der Waals surface area contributed by atoms with E-state index in [-0.39, 0.29) is 24.4 Å². The van der Waals surface area contributed by atoms with Gasteiger partial charge in [-0.3, -0.25) is 9.69 Å². The normalized spacial score (nSPS) is 26.2. The van der Waals surface area contributed by atoms with Gasteiger partial charge in [-0.2, -0.15) is 0 Å². The molecule has 0 radical (unpaired) electrons. The quantitative estimate of drug-likeness (QED) is 0.572. The summed E-state index contributed by atoms with van der Waals surface area (Å²) in [4.78, 5) is 26.4. The van der Waals surface area contributed by atoms with Crippen LogP contribution in [0.1, 0.15) is 26.2 Å². The zero-order valence-corrected chi connectivity index (χ0v) is 15.7. The maximum absolute atomic E-state index is 12.8. The molecule has 3 amide bonds. The van der Waals surface area contributed by atoms with E-state index in [1.165, 1.54) is 7.11 Å². The summed E-state index contributed by atoms with van der Waals surface area (Å²) >= 11 is 0. The van der Waals surface area contributed by atoms with Crippen molar-refractivity contribution in [1.82, 2.24) is 19.8 Å². The van der Waals surface area contributed by atoms with Crippen molar-refractivity contribution in [3.63, 3.8) is 0 Å². The number of ether oxygens (including phenoxy) is 1. The SMILES string of the molecule is CCCNC(=O)NC1CC2C(=O)N(CCCOC)S(=O)(=O)CCN2C1. The van der Waals surface area contributed by atoms with Gasteiger partial charge in [0.25, 0.3) is 5.91 Å². The lowest BCUT2D eigenvalue weighted by Crippen LogP contribution is -2.45. The molecule has 0 spiro atoms. The maximum atomic E-state index is 12.8. The average Bonchev–Trinajstić information content (AvgIpc) is 2.93. The third-order valence-electron chi connectivity index (χ3n) is 4.49. The zero-order valence-electron chi connectivity index (χ0n) is 14.9. The first-order valence-electron chi connectivity index (χ1n) is 8.70. The standard InChI is InChI=1S/C15H28N4O5S/c1-3-5-16-15(21)17-12-10-13-14(20)19(6-4-8-24-2)25(22,23)9-7-18(13)11-12/h12-13H,3-11H2,1-2H3,(H2,16,17,21). The molecule has 0 aromatic heterocycles. The highest BCUT2D eigenvalue weighted by molar-refractivity contribution is 7.89. The number of nitrogens with zero attached hydrogens (tertiary/aromatic N) is 2. The van der Waals surface area contributed by atoms with Crippen LogP contribution >= 0.6 is 0 Å². The van der Waals surface area contributed by atoms with Gasteiger partial charge in [0.1, 0.15) is 0 Å². The molecule has 2 unspecified atom stereocenters. The van der Waals surface area contributed by atoms with Crippen LogP contribution in [-0.4, -0.2) is 87.3 Å². The second-order valence-corrected chi connectivity index (χ2v) is 8.43. The number of sulfonamides is 1. The van der Waals surface area contributed by atoms with Gasteiger partial charge in [-0.05, 0) is 19.3 Å². The summed E-state index contributed by atoms with van der Waals surface area (Å²) in [7, 11) is -2.06. The molecule has 2 fully saturated rings. The summed E-state index contributed by atoms with van der Waals surface area (Å²) in [6.07, 6.45) is 1.74. The lowest BCUT2D eigenvalue weighted by molar-refractivity contribution is -0.130. The van der Waals surface area contributed by atoms with Gasteiger partial charge >= 0.3 is 6.03 Å². The van der Waals surface area contributed by atoms with Crippen LogP contribution in [0, 0.1) is 0 Å². The Hall–Kier alpha value is -1.39. The van der Waals surface area contributed by atoms with E-state index in [4.69, 9.17) is 4.74 Å². The van der Waals surface area contributed by atoms with Crippen molar-refractivity contribution in [2.24, 2.45) is 0 Å². The number of rotatable bonds is 7. The van der Waals surface area contributed by atoms with Crippen molar-refractivity contribution in [2.45, 2.75) is 38.3 Å². The third-order valence-corrected chi connectivity index (χ3v) is 6.22. The minimum absolute atomic E-state index is 0.0863. The number of urea groups is 1. The van der Waals surface area contributed by atoms with Crippen LogP contribution in [0.15, 0.2) is 0 Å². The summed E-state index contributed by atoms with van der Waals surface area (Å²) in [5.74, 6) is -0.483. The molecule has 0 bridgehead atoms. The van der Waals surface area contributed by atoms with E-state index in [9.17, 15) is 18.0 Å². The van der Waals surface area contributed by atoms with Crippen LogP contribution in [0.3, 0.4) is 0 Å². The van der Waals surface area contributed by atoms with Crippen molar-refractivity contribution < 1.29 is 22.7 Å². The molecule has 2 atom stereocenters. The molecule has 2 aliphatic rings. The van der Waals surface area contributed by atoms with Crippen molar-refractivity contribution in [3.8, 4) is 0 Å². The summed E-state index contributed by atoms with van der Waals surface area (Å²) in [6, 6.07) is -0.912. The van der Waals surface area contributed by atoms with Gasteiger partial charge in [0.15, 0.2) is 0 Å². The Kier molecular flexibility index (Phi) is 7.03. The fourth-order valence-corrected chi connectivity index (χ4v) is 4.72. The van der Waals surface area contributed by atoms with Crippen molar-refractivity contribution in [1.29, 1.82) is 0 Å². The number of carbonyl (C=O) groups excluding carboxylic acids is 2. The Bertz CT molecular complexity index is 582. The molecule has 0 aliphatic carbocycles. The van der Waals surface area contributed by atoms with E-state index in [2.05, 4.69) is 10.6 Å². The van der Waals surface area contributed by atoms with Crippen molar-refractivity contribution >= 4 is 22.0 Å². The van der Waals surface area contributed by atoms with E-state index in [0.29, 0.717) is 39.1 Å². The van der Waals surface area contributed by atoms with Crippen LogP contribution in [0.25, 0.3) is 0 Å². The Morgan fingerprint density at radius 2 is 2.16 bits per heavy atom. The highest BCUT2D eigenvalue weighted by Crippen LogP contribution is 2.24. The third kappa shape index (κ3) is 5.05. The van der Waals surface area contributed by atoms with Gasteiger partial charge in [0.2, 0.25) is 10.0 Å². The van der Waals surface area contributed by atoms with Gasteiger partial charge < -0.3 is 15.4 Å². The largest absolute Gasteiger partial charge is 0.385 e. The minimum atomic E-state index is -3.60. The second kappa shape index (κ2) is 8.81. The molecule has 25 heavy (non-hydrogen) atoms. The van der Waals surface area contributed by atoms with E-state index in [1.807, 2.05) is 11.8 Å². The highest BCUT2D eigenvalue weighted by Gasteiger charge is 2.45. The molecule has 0 saturated carbocycles. The predicted octanol–water partition coefficient (Wildman–Crippen LogP) is -0.653. The molecule has 0 aromatic rings. The summed E-state index contributed by atoms with van der Waals surface area (Å²) in [6.45, 7) is 3.88. The van der Waals surface area contributed by atoms with E-state index in [1.54, 1.807) is 0 Å². The molecular weight excluding hydrogens is 348 g/mol. The lowest BCUT2D eigenvalue weighted by atomic mass is 10.1. The fourth-order valence-electron chi connectivity index (χ4n) is 3.23. The molecule has 0 aromatic carbocycles. The van der Waals surface area contributed by atoms with Crippen LogP contribution in [0.5, 0.6) is 0 Å². The van der Waals surface area contributed by atoms with Gasteiger partial charge in [0, 0.05) is 45.9 Å². The van der Waals surface area contributed by atoms with Crippen LogP contribution in [0.2, 0.25) is 0 Å². The van der Waals surface area contributed by atoms with Gasteiger partial charge in [-0.1, -0.05) is 6.92 Å². The molecule has 2 aliphatic heterocycles. The summed E-state index contributed by atoms with van der Waals surface area (Å²) < 4.78 is 30.7. The molecule has 2 saturated heterocycles. The Labute approximate surface area is 149 Å². The number of hydrogen-bond acceptors (Lipinski definition) is 6. The highest BCUT2D eigenvalue weighted by atomic mass is 32.2. The smallest absolute Gasteiger partial charge is 0.315 e. The van der Waals surface area contributed by atoms with Gasteiger partial charge in [0.05, 0.1) is 11.8 Å². The molecule has 2 rings (SSSR count). The number of methoxy groups -OCH3 is 1. The molecule has 144 valence electrons. The van der Waals surface area contributed by atoms with E-state index < -0.39 is 22.0 Å². The monoisotopic (exact) mass is 376 g/mol. The number of carbonyl (C=O) groups is 2. The first-order chi connectivity index (χ1) is 11.9. The average molecular weight is 376 g/mol. The van der Waals surface area contributed by atoms with Gasteiger partial charge in [-0.15, -0.1) is 0 Å². The van der Waals surface area contributed by atoms with Crippen molar-refractivity contribution in [2.75, 3.05) is 45.6 Å². The van der Waals surface area contributed by atoms with E-state index >= 15 is 0 Å². The topological polar surface area (TPSA) is 108 Å². The van der Waals surface area contributed by atoms with E-state index in [0.717, 1.165) is 10.7 Å². The summed E-state index contributed by atoms with van der Waals surface area (Å²) in [5.41, 5.74) is 0. The molecule has 9 nitrogen and oxygen atoms in total. The molecular formula is C15H28N4O5S. The number of nitrogens with one attached hydrogen (secondary N) is 2. The first-order valence-corrected chi connectivity index (χ1v) is 10.3. The van der Waals surface area contributed by atoms with Crippen LogP contribution in [-0.2, 0) is 19.6 Å². The van der Waals surface area contributed by atoms with Crippen LogP contribution in [0.4, 0.5) is 4.79 Å². The number of fused-ring (bicyclic) bond motifs is 1. The number of hydrogen-bond donors (Lipinski definition) is 2. The van der Waals surface area contributed by atoms with Crippen LogP contribution < -0.4 is 10.6 Å². The fraction of sp³-hybridized carbons (Fsp3) is 0.867. The summed E-state index contributed by atoms with van der Waals surface area (Å²) in [5, 5.41) is 5.61. The molecule has 2 N–H and O–H groups in total. The minimum Gasteiger partial charge on any atom is -0.385 e. The Morgan fingerprint density at radius 1 is 1.40 bits per heavy atom. The zero-order chi connectivity index (χ0) is 18.4. The second-order valence-electron chi connectivity index (χ2n) is 6.42. The molecule has 10 heteroatoms. The van der Waals surface area contributed by atoms with Crippen molar-refractivity contribution in [3.05, 3.63) is 0 Å². The molecule has 2 heterocycles. The Balaban J connectivity index is 2.01. The number of amides is 3. The predicted molar refractivity (Wildman–Crippen MR) is 92.6 cm³/mol. The van der Waals surface area contributed by atoms with Gasteiger partial charge in [-0.25, -0.2) is 17.5 Å². The first kappa shape index (κ1) is 19.9.